The summed E-state index contributed by atoms with van der Waals surface area (Å²) in [6.07, 6.45) is 7.03. The summed E-state index contributed by atoms with van der Waals surface area (Å²) < 4.78 is 4.81. The first-order valence-corrected chi connectivity index (χ1v) is 17.2. The first-order chi connectivity index (χ1) is 24.4. The number of benzene rings is 3. The number of imidazole rings is 2. The number of alkyl carbamates (subject to hydrolysis) is 1. The first-order valence-electron chi connectivity index (χ1n) is 17.2. The van der Waals surface area contributed by atoms with Crippen molar-refractivity contribution in [1.82, 2.24) is 35.1 Å². The lowest BCUT2D eigenvalue weighted by molar-refractivity contribution is -0.134. The van der Waals surface area contributed by atoms with Crippen molar-refractivity contribution >= 4 is 17.9 Å². The Morgan fingerprint density at radius 2 is 1.26 bits per heavy atom. The fraction of sp³-hybridized carbons (Fsp3) is 0.308. The molecule has 4 heterocycles. The van der Waals surface area contributed by atoms with Gasteiger partial charge in [-0.1, -0.05) is 85.8 Å². The highest BCUT2D eigenvalue weighted by atomic mass is 16.5. The van der Waals surface area contributed by atoms with Gasteiger partial charge in [-0.15, -0.1) is 0 Å². The number of ether oxygens (including phenoxy) is 1. The van der Waals surface area contributed by atoms with Crippen LogP contribution in [0.5, 0.6) is 0 Å². The molecule has 11 heteroatoms. The fourth-order valence-corrected chi connectivity index (χ4v) is 7.13. The van der Waals surface area contributed by atoms with E-state index in [1.165, 1.54) is 7.11 Å². The minimum atomic E-state index is -0.863. The number of likely N-dealkylation sites (tertiary alicyclic amines) is 2. The number of amides is 3. The second kappa shape index (κ2) is 14.4. The topological polar surface area (TPSA) is 136 Å². The maximum atomic E-state index is 13.8. The average molecular weight is 672 g/mol. The third-order valence-electron chi connectivity index (χ3n) is 9.79. The minimum Gasteiger partial charge on any atom is -0.453 e. The summed E-state index contributed by atoms with van der Waals surface area (Å²) in [6, 6.07) is 24.8. The van der Waals surface area contributed by atoms with Gasteiger partial charge in [-0.05, 0) is 53.5 Å². The number of carbonyl (C=O) groups is 3. The zero-order valence-corrected chi connectivity index (χ0v) is 28.3. The Labute approximate surface area is 291 Å². The number of hydrogen-bond donors (Lipinski definition) is 3. The summed E-state index contributed by atoms with van der Waals surface area (Å²) in [5.41, 5.74) is 6.70. The number of hydrogen-bond acceptors (Lipinski definition) is 6. The van der Waals surface area contributed by atoms with Crippen molar-refractivity contribution in [2.75, 3.05) is 20.2 Å². The molecule has 11 nitrogen and oxygen atoms in total. The number of carbonyl (C=O) groups excluding carboxylic acids is 3. The van der Waals surface area contributed by atoms with Crippen molar-refractivity contribution in [2.45, 2.75) is 57.2 Å². The molecule has 0 bridgehead atoms. The maximum Gasteiger partial charge on any atom is 0.407 e. The number of nitrogens with one attached hydrogen (secondary N) is 3. The van der Waals surface area contributed by atoms with Crippen molar-refractivity contribution < 1.29 is 19.1 Å². The summed E-state index contributed by atoms with van der Waals surface area (Å²) in [7, 11) is 1.29. The minimum absolute atomic E-state index is 0.0156. The van der Waals surface area contributed by atoms with Gasteiger partial charge in [0, 0.05) is 19.5 Å². The summed E-state index contributed by atoms with van der Waals surface area (Å²) in [4.78, 5) is 58.4. The molecule has 0 spiro atoms. The summed E-state index contributed by atoms with van der Waals surface area (Å²) in [6.45, 7) is 3.26. The molecule has 256 valence electrons. The molecule has 3 amide bonds. The van der Waals surface area contributed by atoms with Crippen LogP contribution in [-0.2, 0) is 14.3 Å². The Morgan fingerprint density at radius 3 is 1.78 bits per heavy atom. The van der Waals surface area contributed by atoms with Crippen molar-refractivity contribution in [1.29, 1.82) is 0 Å². The van der Waals surface area contributed by atoms with Crippen LogP contribution in [0.2, 0.25) is 0 Å². The Morgan fingerprint density at radius 1 is 0.760 bits per heavy atom. The summed E-state index contributed by atoms with van der Waals surface area (Å²) in [5.74, 6) is 1.54. The van der Waals surface area contributed by atoms with Gasteiger partial charge in [0.05, 0.1) is 43.0 Å². The van der Waals surface area contributed by atoms with E-state index in [0.29, 0.717) is 18.5 Å². The Kier molecular flexibility index (Phi) is 9.46. The third-order valence-corrected chi connectivity index (χ3v) is 9.79. The van der Waals surface area contributed by atoms with Crippen molar-refractivity contribution in [3.05, 3.63) is 108 Å². The van der Waals surface area contributed by atoms with Crippen molar-refractivity contribution in [3.63, 3.8) is 0 Å². The molecule has 0 unspecified atom stereocenters. The van der Waals surface area contributed by atoms with E-state index in [9.17, 15) is 14.4 Å². The molecule has 3 atom stereocenters. The second-order valence-electron chi connectivity index (χ2n) is 12.8. The lowest BCUT2D eigenvalue weighted by Crippen LogP contribution is -2.42. The summed E-state index contributed by atoms with van der Waals surface area (Å²) >= 11 is 0. The van der Waals surface area contributed by atoms with E-state index in [1.54, 1.807) is 4.90 Å². The van der Waals surface area contributed by atoms with Gasteiger partial charge >= 0.3 is 6.09 Å². The molecule has 2 aliphatic rings. The Hall–Kier alpha value is -5.71. The van der Waals surface area contributed by atoms with E-state index in [4.69, 9.17) is 9.72 Å². The van der Waals surface area contributed by atoms with Gasteiger partial charge < -0.3 is 29.8 Å². The quantitative estimate of drug-likeness (QED) is 0.155. The van der Waals surface area contributed by atoms with Crippen LogP contribution in [0.3, 0.4) is 0 Å². The van der Waals surface area contributed by atoms with E-state index in [-0.39, 0.29) is 23.9 Å². The SMILES string of the molecule is CCC(=O)N1CCC[C@H]1c1ncc(-c2ccc(-c3ccc(-c4cnc([C@@H]5CCCN5C(=O)[C@H](NC(=O)OC)c5ccccc5)[nH]4)cc3)cc2)[nH]1. The molecule has 3 aromatic carbocycles. The Balaban J connectivity index is 1.03. The molecule has 50 heavy (non-hydrogen) atoms. The van der Waals surface area contributed by atoms with E-state index in [0.717, 1.165) is 77.5 Å². The van der Waals surface area contributed by atoms with Crippen LogP contribution in [0.4, 0.5) is 4.79 Å². The molecule has 5 aromatic rings. The van der Waals surface area contributed by atoms with Crippen LogP contribution in [0.1, 0.15) is 74.4 Å². The van der Waals surface area contributed by atoms with E-state index in [1.807, 2.05) is 54.5 Å². The molecular weight excluding hydrogens is 630 g/mol. The van der Waals surface area contributed by atoms with Crippen LogP contribution in [0.15, 0.2) is 91.3 Å². The number of nitrogens with zero attached hydrogens (tertiary/aromatic N) is 4. The zero-order chi connectivity index (χ0) is 34.6. The normalized spacial score (nSPS) is 17.9. The van der Waals surface area contributed by atoms with Crippen LogP contribution in [-0.4, -0.2) is 67.8 Å². The van der Waals surface area contributed by atoms with E-state index in [2.05, 4.69) is 68.8 Å². The Bertz CT molecular complexity index is 1950. The molecule has 0 aliphatic carbocycles. The number of methoxy groups -OCH3 is 1. The molecule has 2 saturated heterocycles. The summed E-state index contributed by atoms with van der Waals surface area (Å²) in [5, 5.41) is 2.71. The molecule has 2 aliphatic heterocycles. The van der Waals surface area contributed by atoms with Crippen LogP contribution >= 0.6 is 0 Å². The van der Waals surface area contributed by atoms with Gasteiger partial charge in [-0.3, -0.25) is 9.59 Å². The first kappa shape index (κ1) is 32.8. The number of aromatic amines is 2. The molecule has 2 aromatic heterocycles. The van der Waals surface area contributed by atoms with Crippen LogP contribution < -0.4 is 5.32 Å². The number of rotatable bonds is 9. The standard InChI is InChI=1S/C39H41N7O4/c1-3-34(47)45-21-7-11-32(45)36-40-23-30(42-36)27-17-13-25(14-18-27)26-15-19-28(20-16-26)31-24-41-37(43-31)33-12-8-22-46(33)38(48)35(44-39(49)50-2)29-9-5-4-6-10-29/h4-6,9-10,13-20,23-24,32-33,35H,3,7-8,11-12,21-22H2,1-2H3,(H,40,42)(H,41,43)(H,44,49)/t32-,33-,35+/m0/s1. The van der Waals surface area contributed by atoms with Gasteiger partial charge in [0.25, 0.3) is 5.91 Å². The molecular formula is C39H41N7O4. The van der Waals surface area contributed by atoms with E-state index < -0.39 is 12.1 Å². The molecule has 2 fully saturated rings. The van der Waals surface area contributed by atoms with Crippen molar-refractivity contribution in [3.8, 4) is 33.6 Å². The van der Waals surface area contributed by atoms with Gasteiger partial charge in [0.15, 0.2) is 0 Å². The molecule has 3 N–H and O–H groups in total. The van der Waals surface area contributed by atoms with E-state index >= 15 is 0 Å². The van der Waals surface area contributed by atoms with Crippen LogP contribution in [0, 0.1) is 0 Å². The van der Waals surface area contributed by atoms with Crippen molar-refractivity contribution in [2.24, 2.45) is 0 Å². The average Bonchev–Trinajstić information content (AvgIpc) is 4.00. The van der Waals surface area contributed by atoms with Gasteiger partial charge in [0.2, 0.25) is 5.91 Å². The maximum absolute atomic E-state index is 13.8. The van der Waals surface area contributed by atoms with Gasteiger partial charge in [0.1, 0.15) is 17.7 Å². The lowest BCUT2D eigenvalue weighted by Gasteiger charge is -2.28. The zero-order valence-electron chi connectivity index (χ0n) is 28.3. The highest BCUT2D eigenvalue weighted by Crippen LogP contribution is 2.35. The highest BCUT2D eigenvalue weighted by Gasteiger charge is 2.37. The van der Waals surface area contributed by atoms with Crippen LogP contribution in [0.25, 0.3) is 33.6 Å². The second-order valence-corrected chi connectivity index (χ2v) is 12.8. The van der Waals surface area contributed by atoms with Gasteiger partial charge in [-0.25, -0.2) is 14.8 Å². The predicted molar refractivity (Wildman–Crippen MR) is 189 cm³/mol. The lowest BCUT2D eigenvalue weighted by atomic mass is 10.0. The third kappa shape index (κ3) is 6.63. The smallest absolute Gasteiger partial charge is 0.407 e. The molecule has 7 rings (SSSR count). The fourth-order valence-electron chi connectivity index (χ4n) is 7.13. The monoisotopic (exact) mass is 671 g/mol. The predicted octanol–water partition coefficient (Wildman–Crippen LogP) is 6.97. The molecule has 0 radical (unpaired) electrons. The number of aromatic nitrogens is 4. The van der Waals surface area contributed by atoms with Gasteiger partial charge in [-0.2, -0.15) is 0 Å². The molecule has 0 saturated carbocycles. The largest absolute Gasteiger partial charge is 0.453 e. The highest BCUT2D eigenvalue weighted by molar-refractivity contribution is 5.87. The number of H-pyrrole nitrogens is 2.